The topological polar surface area (TPSA) is 35.8 Å². The van der Waals surface area contributed by atoms with Crippen molar-refractivity contribution in [1.82, 2.24) is 0 Å². The van der Waals surface area contributed by atoms with Crippen molar-refractivity contribution in [3.05, 3.63) is 65.2 Å². The number of benzene rings is 2. The van der Waals surface area contributed by atoms with Crippen molar-refractivity contribution in [2.24, 2.45) is 0 Å². The van der Waals surface area contributed by atoms with Gasteiger partial charge in [-0.15, -0.1) is 0 Å². The number of hydrogen-bond donors (Lipinski definition) is 1. The van der Waals surface area contributed by atoms with Crippen molar-refractivity contribution in [1.29, 1.82) is 5.26 Å². The molecule has 96 valence electrons. The molecular formula is C15H12F2N2. The Labute approximate surface area is 110 Å². The second-order valence-corrected chi connectivity index (χ2v) is 4.22. The Balaban J connectivity index is 2.17. The normalized spacial score (nSPS) is 11.7. The van der Waals surface area contributed by atoms with Crippen molar-refractivity contribution in [2.75, 3.05) is 5.32 Å². The molecule has 1 N–H and O–H groups in total. The van der Waals surface area contributed by atoms with E-state index in [1.165, 1.54) is 24.3 Å². The first-order valence-corrected chi connectivity index (χ1v) is 5.82. The van der Waals surface area contributed by atoms with Crippen LogP contribution in [0, 0.1) is 23.0 Å². The minimum atomic E-state index is -0.479. The van der Waals surface area contributed by atoms with Gasteiger partial charge in [0.05, 0.1) is 17.3 Å². The van der Waals surface area contributed by atoms with Gasteiger partial charge in [0.1, 0.15) is 11.6 Å². The average molecular weight is 258 g/mol. The second kappa shape index (κ2) is 5.49. The summed E-state index contributed by atoms with van der Waals surface area (Å²) in [6, 6.07) is 12.0. The molecule has 4 heteroatoms. The summed E-state index contributed by atoms with van der Waals surface area (Å²) in [6.07, 6.45) is 0. The first kappa shape index (κ1) is 13.0. The molecule has 2 nitrogen and oxygen atoms in total. The number of nitrogens with one attached hydrogen (secondary N) is 1. The number of nitrogens with zero attached hydrogens (tertiary/aromatic N) is 1. The zero-order chi connectivity index (χ0) is 13.8. The van der Waals surface area contributed by atoms with Gasteiger partial charge in [-0.2, -0.15) is 5.26 Å². The summed E-state index contributed by atoms with van der Waals surface area (Å²) in [5.74, 6) is -0.784. The van der Waals surface area contributed by atoms with Crippen molar-refractivity contribution in [3.8, 4) is 6.07 Å². The molecule has 1 atom stereocenters. The maximum absolute atomic E-state index is 13.7. The minimum absolute atomic E-state index is 0.164. The van der Waals surface area contributed by atoms with Crippen LogP contribution in [0.25, 0.3) is 0 Å². The van der Waals surface area contributed by atoms with E-state index in [-0.39, 0.29) is 17.4 Å². The third-order valence-corrected chi connectivity index (χ3v) is 2.84. The van der Waals surface area contributed by atoms with Gasteiger partial charge in [0.25, 0.3) is 0 Å². The highest BCUT2D eigenvalue weighted by Crippen LogP contribution is 2.22. The molecule has 2 aromatic rings. The monoisotopic (exact) mass is 258 g/mol. The number of halogens is 2. The van der Waals surface area contributed by atoms with Crippen LogP contribution < -0.4 is 5.32 Å². The Bertz CT molecular complexity index is 615. The van der Waals surface area contributed by atoms with Gasteiger partial charge >= 0.3 is 0 Å². The Morgan fingerprint density at radius 2 is 1.79 bits per heavy atom. The fourth-order valence-corrected chi connectivity index (χ4v) is 1.77. The molecule has 2 aromatic carbocycles. The van der Waals surface area contributed by atoms with Gasteiger partial charge in [-0.25, -0.2) is 8.78 Å². The zero-order valence-electron chi connectivity index (χ0n) is 10.3. The maximum Gasteiger partial charge on any atom is 0.147 e. The van der Waals surface area contributed by atoms with Crippen molar-refractivity contribution >= 4 is 5.69 Å². The van der Waals surface area contributed by atoms with E-state index in [0.717, 1.165) is 5.56 Å². The van der Waals surface area contributed by atoms with E-state index in [2.05, 4.69) is 5.32 Å². The molecule has 0 saturated heterocycles. The van der Waals surface area contributed by atoms with Crippen LogP contribution in [0.4, 0.5) is 14.5 Å². The largest absolute Gasteiger partial charge is 0.376 e. The van der Waals surface area contributed by atoms with Crippen LogP contribution in [-0.4, -0.2) is 0 Å². The van der Waals surface area contributed by atoms with E-state index >= 15 is 0 Å². The summed E-state index contributed by atoms with van der Waals surface area (Å²) >= 11 is 0. The summed E-state index contributed by atoms with van der Waals surface area (Å²) in [4.78, 5) is 0. The molecular weight excluding hydrogens is 246 g/mol. The molecule has 0 amide bonds. The number of rotatable bonds is 3. The average Bonchev–Trinajstić information content (AvgIpc) is 2.41. The van der Waals surface area contributed by atoms with E-state index in [1.807, 2.05) is 13.0 Å². The Morgan fingerprint density at radius 3 is 2.37 bits per heavy atom. The smallest absolute Gasteiger partial charge is 0.147 e. The van der Waals surface area contributed by atoms with Crippen molar-refractivity contribution in [3.63, 3.8) is 0 Å². The van der Waals surface area contributed by atoms with Crippen LogP contribution in [-0.2, 0) is 0 Å². The highest BCUT2D eigenvalue weighted by atomic mass is 19.1. The standard InChI is InChI=1S/C15H12F2N2/c1-10(12-3-5-13(16)6-4-12)19-15-7-2-11(9-18)8-14(15)17/h2-8,10,19H,1H3. The number of hydrogen-bond acceptors (Lipinski definition) is 2. The van der Waals surface area contributed by atoms with Gasteiger partial charge in [0, 0.05) is 6.04 Å². The van der Waals surface area contributed by atoms with Crippen LogP contribution in [0.5, 0.6) is 0 Å². The lowest BCUT2D eigenvalue weighted by Gasteiger charge is -2.16. The van der Waals surface area contributed by atoms with Crippen LogP contribution in [0.1, 0.15) is 24.1 Å². The van der Waals surface area contributed by atoms with E-state index in [4.69, 9.17) is 5.26 Å². The summed E-state index contributed by atoms with van der Waals surface area (Å²) in [5, 5.41) is 11.7. The zero-order valence-corrected chi connectivity index (χ0v) is 10.3. The van der Waals surface area contributed by atoms with Gasteiger partial charge in [-0.05, 0) is 42.8 Å². The first-order chi connectivity index (χ1) is 9.10. The first-order valence-electron chi connectivity index (χ1n) is 5.82. The molecule has 0 spiro atoms. The molecule has 0 aliphatic heterocycles. The molecule has 0 aliphatic rings. The quantitative estimate of drug-likeness (QED) is 0.902. The molecule has 0 fully saturated rings. The van der Waals surface area contributed by atoms with Crippen LogP contribution in [0.2, 0.25) is 0 Å². The van der Waals surface area contributed by atoms with Gasteiger partial charge in [0.15, 0.2) is 0 Å². The van der Waals surface area contributed by atoms with Crippen molar-refractivity contribution < 1.29 is 8.78 Å². The highest BCUT2D eigenvalue weighted by Gasteiger charge is 2.09. The van der Waals surface area contributed by atoms with Gasteiger partial charge < -0.3 is 5.32 Å². The predicted octanol–water partition coefficient (Wildman–Crippen LogP) is 4.01. The molecule has 0 saturated carbocycles. The molecule has 2 rings (SSSR count). The molecule has 0 radical (unpaired) electrons. The van der Waals surface area contributed by atoms with E-state index in [0.29, 0.717) is 5.69 Å². The van der Waals surface area contributed by atoms with Gasteiger partial charge in [0.2, 0.25) is 0 Å². The SMILES string of the molecule is CC(Nc1ccc(C#N)cc1F)c1ccc(F)cc1. The van der Waals surface area contributed by atoms with Gasteiger partial charge in [-0.1, -0.05) is 12.1 Å². The number of nitriles is 1. The Morgan fingerprint density at radius 1 is 1.11 bits per heavy atom. The fraction of sp³-hybridized carbons (Fsp3) is 0.133. The van der Waals surface area contributed by atoms with Gasteiger partial charge in [-0.3, -0.25) is 0 Å². The van der Waals surface area contributed by atoms with Crippen LogP contribution in [0.15, 0.2) is 42.5 Å². The molecule has 19 heavy (non-hydrogen) atoms. The Kier molecular flexibility index (Phi) is 3.76. The van der Waals surface area contributed by atoms with E-state index < -0.39 is 5.82 Å². The Hall–Kier alpha value is -2.41. The minimum Gasteiger partial charge on any atom is -0.376 e. The molecule has 0 bridgehead atoms. The third-order valence-electron chi connectivity index (χ3n) is 2.84. The maximum atomic E-state index is 13.7. The summed E-state index contributed by atoms with van der Waals surface area (Å²) in [6.45, 7) is 1.85. The van der Waals surface area contributed by atoms with Crippen LogP contribution in [0.3, 0.4) is 0 Å². The third kappa shape index (κ3) is 3.08. The predicted molar refractivity (Wildman–Crippen MR) is 69.6 cm³/mol. The number of anilines is 1. The fourth-order valence-electron chi connectivity index (χ4n) is 1.77. The van der Waals surface area contributed by atoms with Crippen molar-refractivity contribution in [2.45, 2.75) is 13.0 Å². The van der Waals surface area contributed by atoms with E-state index in [1.54, 1.807) is 18.2 Å². The lowest BCUT2D eigenvalue weighted by Crippen LogP contribution is -2.08. The molecule has 0 aromatic heterocycles. The molecule has 1 unspecified atom stereocenters. The second-order valence-electron chi connectivity index (χ2n) is 4.22. The lowest BCUT2D eigenvalue weighted by atomic mass is 10.1. The van der Waals surface area contributed by atoms with Crippen LogP contribution >= 0.6 is 0 Å². The molecule has 0 aliphatic carbocycles. The summed E-state index contributed by atoms with van der Waals surface area (Å²) in [5.41, 5.74) is 1.44. The highest BCUT2D eigenvalue weighted by molar-refractivity contribution is 5.50. The van der Waals surface area contributed by atoms with E-state index in [9.17, 15) is 8.78 Å². The lowest BCUT2D eigenvalue weighted by molar-refractivity contribution is 0.623. The molecule has 0 heterocycles. The summed E-state index contributed by atoms with van der Waals surface area (Å²) in [7, 11) is 0. The summed E-state index contributed by atoms with van der Waals surface area (Å²) < 4.78 is 26.5.